The standard InChI is InChI=1S/C22H15ClN4O3S2/c23-17(12-15-10-11-19(31-15)16-8-4-5-9-18(16)27(29)30)21-25-26-22(32-21)20(28)24-13-14-6-2-1-3-7-14/h1-12H,13H2,(H,24,28)/b17-12-. The van der Waals surface area contributed by atoms with Crippen molar-refractivity contribution in [3.63, 3.8) is 0 Å². The molecule has 1 amide bonds. The van der Waals surface area contributed by atoms with Gasteiger partial charge in [-0.1, -0.05) is 65.4 Å². The number of carbonyl (C=O) groups excluding carboxylic acids is 1. The van der Waals surface area contributed by atoms with Crippen LogP contribution >= 0.6 is 34.3 Å². The van der Waals surface area contributed by atoms with E-state index in [0.717, 1.165) is 26.7 Å². The maximum atomic E-state index is 12.3. The second-order valence-corrected chi connectivity index (χ2v) is 9.05. The average molecular weight is 483 g/mol. The number of hydrogen-bond acceptors (Lipinski definition) is 7. The monoisotopic (exact) mass is 482 g/mol. The minimum Gasteiger partial charge on any atom is -0.346 e. The van der Waals surface area contributed by atoms with Gasteiger partial charge in [0.2, 0.25) is 5.01 Å². The molecule has 2 heterocycles. The van der Waals surface area contributed by atoms with Crippen LogP contribution in [0.2, 0.25) is 0 Å². The van der Waals surface area contributed by atoms with Crippen LogP contribution in [0.4, 0.5) is 5.69 Å². The summed E-state index contributed by atoms with van der Waals surface area (Å²) >= 11 is 8.87. The first kappa shape index (κ1) is 21.8. The number of thiophene rings is 1. The molecule has 7 nitrogen and oxygen atoms in total. The number of nitrogens with zero attached hydrogens (tertiary/aromatic N) is 3. The number of nitro benzene ring substituents is 1. The molecule has 0 aliphatic carbocycles. The Bertz CT molecular complexity index is 1300. The Morgan fingerprint density at radius 2 is 1.72 bits per heavy atom. The summed E-state index contributed by atoms with van der Waals surface area (Å²) < 4.78 is 0. The van der Waals surface area contributed by atoms with Crippen LogP contribution in [0.15, 0.2) is 66.7 Å². The molecule has 0 spiro atoms. The molecule has 0 bridgehead atoms. The lowest BCUT2D eigenvalue weighted by Gasteiger charge is -2.01. The maximum absolute atomic E-state index is 12.3. The van der Waals surface area contributed by atoms with Gasteiger partial charge in [0.25, 0.3) is 11.6 Å². The van der Waals surface area contributed by atoms with Gasteiger partial charge in [0.1, 0.15) is 0 Å². The van der Waals surface area contributed by atoms with E-state index in [0.29, 0.717) is 22.1 Å². The van der Waals surface area contributed by atoms with Crippen molar-refractivity contribution >= 4 is 57.0 Å². The summed E-state index contributed by atoms with van der Waals surface area (Å²) in [5.41, 5.74) is 1.58. The minimum atomic E-state index is -0.400. The molecule has 0 radical (unpaired) electrons. The third-order valence-corrected chi connectivity index (χ3v) is 6.80. The van der Waals surface area contributed by atoms with Crippen molar-refractivity contribution in [3.8, 4) is 10.4 Å². The Labute approximate surface area is 196 Å². The second-order valence-electron chi connectivity index (χ2n) is 6.55. The molecule has 2 aromatic carbocycles. The summed E-state index contributed by atoms with van der Waals surface area (Å²) in [6.45, 7) is 0.391. The lowest BCUT2D eigenvalue weighted by molar-refractivity contribution is -0.384. The number of aromatic nitrogens is 2. The highest BCUT2D eigenvalue weighted by atomic mass is 35.5. The highest BCUT2D eigenvalue weighted by Crippen LogP contribution is 2.36. The topological polar surface area (TPSA) is 98.0 Å². The van der Waals surface area contributed by atoms with Gasteiger partial charge >= 0.3 is 0 Å². The number of halogens is 1. The van der Waals surface area contributed by atoms with Gasteiger partial charge in [0.15, 0.2) is 5.01 Å². The van der Waals surface area contributed by atoms with Crippen molar-refractivity contribution in [2.24, 2.45) is 0 Å². The molecule has 0 saturated heterocycles. The first-order chi connectivity index (χ1) is 15.5. The van der Waals surface area contributed by atoms with Gasteiger partial charge in [0.05, 0.1) is 15.5 Å². The van der Waals surface area contributed by atoms with Gasteiger partial charge in [-0.2, -0.15) is 0 Å². The van der Waals surface area contributed by atoms with Gasteiger partial charge in [-0.25, -0.2) is 0 Å². The molecule has 0 unspecified atom stereocenters. The third-order valence-electron chi connectivity index (χ3n) is 4.38. The number of amides is 1. The van der Waals surface area contributed by atoms with Crippen molar-refractivity contribution in [1.82, 2.24) is 15.5 Å². The molecule has 0 saturated carbocycles. The zero-order chi connectivity index (χ0) is 22.5. The first-order valence-electron chi connectivity index (χ1n) is 9.38. The normalized spacial score (nSPS) is 11.3. The van der Waals surface area contributed by atoms with E-state index in [9.17, 15) is 14.9 Å². The average Bonchev–Trinajstić information content (AvgIpc) is 3.48. The van der Waals surface area contributed by atoms with Gasteiger partial charge in [-0.05, 0) is 29.8 Å². The Morgan fingerprint density at radius 3 is 2.50 bits per heavy atom. The van der Waals surface area contributed by atoms with Crippen LogP contribution in [-0.2, 0) is 6.54 Å². The summed E-state index contributed by atoms with van der Waals surface area (Å²) in [5, 5.41) is 23.0. The van der Waals surface area contributed by atoms with E-state index in [1.165, 1.54) is 17.4 Å². The largest absolute Gasteiger partial charge is 0.346 e. The fourth-order valence-corrected chi connectivity index (χ4v) is 4.86. The smallest absolute Gasteiger partial charge is 0.282 e. The minimum absolute atomic E-state index is 0.0475. The van der Waals surface area contributed by atoms with E-state index in [1.54, 1.807) is 24.3 Å². The highest BCUT2D eigenvalue weighted by Gasteiger charge is 2.17. The number of hydrogen-bond donors (Lipinski definition) is 1. The van der Waals surface area contributed by atoms with E-state index in [-0.39, 0.29) is 16.6 Å². The molecule has 0 aliphatic rings. The fraction of sp³-hybridized carbons (Fsp3) is 0.0455. The molecule has 1 N–H and O–H groups in total. The summed E-state index contributed by atoms with van der Waals surface area (Å²) in [6, 6.07) is 19.8. The Hall–Kier alpha value is -3.40. The Balaban J connectivity index is 1.47. The van der Waals surface area contributed by atoms with E-state index >= 15 is 0 Å². The van der Waals surface area contributed by atoms with Crippen molar-refractivity contribution in [1.29, 1.82) is 0 Å². The molecule has 32 heavy (non-hydrogen) atoms. The molecule has 4 rings (SSSR count). The number of carbonyl (C=O) groups is 1. The van der Waals surface area contributed by atoms with Crippen molar-refractivity contribution in [2.75, 3.05) is 0 Å². The molecule has 4 aromatic rings. The third kappa shape index (κ3) is 5.08. The molecule has 0 atom stereocenters. The van der Waals surface area contributed by atoms with Gasteiger partial charge < -0.3 is 5.32 Å². The summed E-state index contributed by atoms with van der Waals surface area (Å²) in [5.74, 6) is -0.322. The van der Waals surface area contributed by atoms with E-state index in [1.807, 2.05) is 42.5 Å². The quantitative estimate of drug-likeness (QED) is 0.263. The van der Waals surface area contributed by atoms with Gasteiger partial charge in [-0.3, -0.25) is 14.9 Å². The van der Waals surface area contributed by atoms with Crippen molar-refractivity contribution in [2.45, 2.75) is 6.54 Å². The van der Waals surface area contributed by atoms with E-state index < -0.39 is 4.92 Å². The Kier molecular flexibility index (Phi) is 6.69. The molecule has 10 heteroatoms. The van der Waals surface area contributed by atoms with Gasteiger partial charge in [0, 0.05) is 22.4 Å². The molecule has 160 valence electrons. The van der Waals surface area contributed by atoms with Crippen LogP contribution in [0.5, 0.6) is 0 Å². The van der Waals surface area contributed by atoms with E-state index in [4.69, 9.17) is 11.6 Å². The van der Waals surface area contributed by atoms with Crippen LogP contribution in [0.1, 0.15) is 25.3 Å². The van der Waals surface area contributed by atoms with Crippen LogP contribution in [0, 0.1) is 10.1 Å². The van der Waals surface area contributed by atoms with Crippen molar-refractivity contribution < 1.29 is 9.72 Å². The molecule has 0 aliphatic heterocycles. The summed E-state index contributed by atoms with van der Waals surface area (Å²) in [4.78, 5) is 24.8. The highest BCUT2D eigenvalue weighted by molar-refractivity contribution is 7.17. The molecule has 2 aromatic heterocycles. The molecular formula is C22H15ClN4O3S2. The number of nitrogens with one attached hydrogen (secondary N) is 1. The zero-order valence-corrected chi connectivity index (χ0v) is 18.8. The van der Waals surface area contributed by atoms with Crippen LogP contribution in [0.3, 0.4) is 0 Å². The maximum Gasteiger partial charge on any atom is 0.282 e. The first-order valence-corrected chi connectivity index (χ1v) is 11.4. The predicted octanol–water partition coefficient (Wildman–Crippen LogP) is 5.84. The SMILES string of the molecule is O=C(NCc1ccccc1)c1nnc(/C(Cl)=C/c2ccc(-c3ccccc3[N+](=O)[O-])s2)s1. The van der Waals surface area contributed by atoms with Crippen LogP contribution in [-0.4, -0.2) is 21.0 Å². The predicted molar refractivity (Wildman–Crippen MR) is 128 cm³/mol. The van der Waals surface area contributed by atoms with Crippen LogP contribution < -0.4 is 5.32 Å². The lowest BCUT2D eigenvalue weighted by atomic mass is 10.1. The fourth-order valence-electron chi connectivity index (χ4n) is 2.87. The number of nitro groups is 1. The summed E-state index contributed by atoms with van der Waals surface area (Å²) in [7, 11) is 0. The van der Waals surface area contributed by atoms with Crippen molar-refractivity contribution in [3.05, 3.63) is 97.3 Å². The van der Waals surface area contributed by atoms with Gasteiger partial charge in [-0.15, -0.1) is 21.5 Å². The molecule has 0 fully saturated rings. The molecular weight excluding hydrogens is 468 g/mol. The number of benzene rings is 2. The van der Waals surface area contributed by atoms with Crippen LogP contribution in [0.25, 0.3) is 21.5 Å². The zero-order valence-electron chi connectivity index (χ0n) is 16.4. The summed E-state index contributed by atoms with van der Waals surface area (Å²) in [6.07, 6.45) is 1.71. The number of rotatable bonds is 7. The Morgan fingerprint density at radius 1 is 1.00 bits per heavy atom. The second kappa shape index (κ2) is 9.82. The van der Waals surface area contributed by atoms with E-state index in [2.05, 4.69) is 15.5 Å². The number of para-hydroxylation sites is 1. The lowest BCUT2D eigenvalue weighted by Crippen LogP contribution is -2.22.